The van der Waals surface area contributed by atoms with Crippen molar-refractivity contribution in [1.29, 1.82) is 0 Å². The molecule has 45 heavy (non-hydrogen) atoms. The van der Waals surface area contributed by atoms with Crippen LogP contribution in [0.1, 0.15) is 42.1 Å². The molecule has 2 aromatic rings. The van der Waals surface area contributed by atoms with Crippen LogP contribution in [0.4, 0.5) is 20.6 Å². The van der Waals surface area contributed by atoms with E-state index in [0.717, 1.165) is 5.56 Å². The SMILES string of the molecule is CCC(=S)NC[C@H]1CN(c2ccc(N3CCN(C(=O)CCC(=O)c4ccc(CNC(=O)CN(C)C)cc4)CC3)c(F)c2)C(=O)O1. The lowest BCUT2D eigenvalue weighted by Crippen LogP contribution is -2.49. The molecule has 1 atom stereocenters. The lowest BCUT2D eigenvalue weighted by Gasteiger charge is -2.36. The first-order valence-corrected chi connectivity index (χ1v) is 15.6. The summed E-state index contributed by atoms with van der Waals surface area (Å²) in [6.45, 7) is 5.02. The van der Waals surface area contributed by atoms with Gasteiger partial charge in [-0.15, -0.1) is 0 Å². The van der Waals surface area contributed by atoms with Gasteiger partial charge in [0.1, 0.15) is 11.9 Å². The van der Waals surface area contributed by atoms with E-state index < -0.39 is 11.9 Å². The second kappa shape index (κ2) is 15.8. The topological polar surface area (TPSA) is 115 Å². The number of likely N-dealkylation sites (N-methyl/N-ethyl adjacent to an activating group) is 1. The third-order valence-corrected chi connectivity index (χ3v) is 8.16. The predicted molar refractivity (Wildman–Crippen MR) is 174 cm³/mol. The first kappa shape index (κ1) is 33.8. The number of ketones is 1. The first-order chi connectivity index (χ1) is 21.5. The third kappa shape index (κ3) is 9.44. The fraction of sp³-hybridized carbons (Fsp3) is 0.469. The maximum absolute atomic E-state index is 15.2. The summed E-state index contributed by atoms with van der Waals surface area (Å²) in [4.78, 5) is 57.2. The number of carbonyl (C=O) groups is 4. The van der Waals surface area contributed by atoms with E-state index in [0.29, 0.717) is 80.7 Å². The second-order valence-electron chi connectivity index (χ2n) is 11.4. The van der Waals surface area contributed by atoms with Gasteiger partial charge in [-0.05, 0) is 44.3 Å². The van der Waals surface area contributed by atoms with Gasteiger partial charge in [0.05, 0.1) is 36.0 Å². The molecule has 4 rings (SSSR count). The van der Waals surface area contributed by atoms with Crippen LogP contribution in [0.25, 0.3) is 0 Å². The second-order valence-corrected chi connectivity index (χ2v) is 11.9. The van der Waals surface area contributed by atoms with E-state index >= 15 is 4.39 Å². The molecule has 2 N–H and O–H groups in total. The van der Waals surface area contributed by atoms with Crippen LogP contribution in [-0.2, 0) is 20.9 Å². The number of halogens is 1. The number of benzene rings is 2. The number of ether oxygens (including phenoxy) is 1. The molecule has 11 nitrogen and oxygen atoms in total. The monoisotopic (exact) mass is 640 g/mol. The van der Waals surface area contributed by atoms with Gasteiger partial charge in [-0.1, -0.05) is 43.4 Å². The molecule has 0 aromatic heterocycles. The summed E-state index contributed by atoms with van der Waals surface area (Å²) >= 11 is 5.16. The number of Topliss-reactive ketones (excluding diaryl/α,β-unsaturated/α-hetero) is 1. The van der Waals surface area contributed by atoms with Crippen LogP contribution in [0, 0.1) is 5.82 Å². The maximum Gasteiger partial charge on any atom is 0.414 e. The smallest absolute Gasteiger partial charge is 0.414 e. The molecule has 242 valence electrons. The Balaban J connectivity index is 1.21. The van der Waals surface area contributed by atoms with Crippen molar-refractivity contribution < 1.29 is 28.3 Å². The van der Waals surface area contributed by atoms with Gasteiger partial charge >= 0.3 is 6.09 Å². The molecular formula is C32H41FN6O5S. The van der Waals surface area contributed by atoms with Crippen molar-refractivity contribution in [3.8, 4) is 0 Å². The zero-order valence-corrected chi connectivity index (χ0v) is 26.8. The highest BCUT2D eigenvalue weighted by atomic mass is 32.1. The van der Waals surface area contributed by atoms with Gasteiger partial charge in [0.15, 0.2) is 5.78 Å². The molecular weight excluding hydrogens is 599 g/mol. The summed E-state index contributed by atoms with van der Waals surface area (Å²) in [7, 11) is 3.64. The lowest BCUT2D eigenvalue weighted by atomic mass is 10.0. The molecule has 2 aliphatic rings. The van der Waals surface area contributed by atoms with Crippen molar-refractivity contribution in [3.63, 3.8) is 0 Å². The molecule has 0 aliphatic carbocycles. The normalized spacial score (nSPS) is 16.5. The Morgan fingerprint density at radius 2 is 1.73 bits per heavy atom. The predicted octanol–water partition coefficient (Wildman–Crippen LogP) is 2.97. The van der Waals surface area contributed by atoms with Crippen molar-refractivity contribution in [3.05, 3.63) is 59.4 Å². The number of carbonyl (C=O) groups excluding carboxylic acids is 4. The zero-order chi connectivity index (χ0) is 32.5. The van der Waals surface area contributed by atoms with Crippen LogP contribution in [0.3, 0.4) is 0 Å². The molecule has 0 bridgehead atoms. The highest BCUT2D eigenvalue weighted by Gasteiger charge is 2.33. The van der Waals surface area contributed by atoms with Crippen LogP contribution in [0.15, 0.2) is 42.5 Å². The zero-order valence-electron chi connectivity index (χ0n) is 26.0. The Morgan fingerprint density at radius 1 is 1.02 bits per heavy atom. The Labute approximate surface area is 268 Å². The van der Waals surface area contributed by atoms with Crippen molar-refractivity contribution >= 4 is 52.3 Å². The van der Waals surface area contributed by atoms with Gasteiger partial charge < -0.3 is 30.1 Å². The summed E-state index contributed by atoms with van der Waals surface area (Å²) in [6.07, 6.45) is -0.0250. The van der Waals surface area contributed by atoms with Crippen LogP contribution in [0.5, 0.6) is 0 Å². The fourth-order valence-corrected chi connectivity index (χ4v) is 5.27. The minimum atomic E-state index is -0.528. The molecule has 2 heterocycles. The minimum absolute atomic E-state index is 0.0796. The van der Waals surface area contributed by atoms with E-state index in [4.69, 9.17) is 17.0 Å². The molecule has 2 aliphatic heterocycles. The van der Waals surface area contributed by atoms with Gasteiger partial charge in [0.2, 0.25) is 11.8 Å². The Kier molecular flexibility index (Phi) is 11.8. The van der Waals surface area contributed by atoms with Crippen LogP contribution >= 0.6 is 12.2 Å². The number of cyclic esters (lactones) is 1. The Morgan fingerprint density at radius 3 is 2.38 bits per heavy atom. The summed E-state index contributed by atoms with van der Waals surface area (Å²) in [5, 5.41) is 5.90. The molecule has 0 unspecified atom stereocenters. The number of thiocarbonyl (C=S) groups is 1. The molecule has 0 radical (unpaired) electrons. The number of amides is 3. The Hall–Kier alpha value is -4.10. The van der Waals surface area contributed by atoms with Gasteiger partial charge in [-0.2, -0.15) is 0 Å². The van der Waals surface area contributed by atoms with E-state index in [9.17, 15) is 19.2 Å². The number of hydrogen-bond donors (Lipinski definition) is 2. The molecule has 2 aromatic carbocycles. The minimum Gasteiger partial charge on any atom is -0.442 e. The summed E-state index contributed by atoms with van der Waals surface area (Å²) in [5.74, 6) is -0.776. The Bertz CT molecular complexity index is 1400. The molecule has 3 amide bonds. The first-order valence-electron chi connectivity index (χ1n) is 15.1. The quantitative estimate of drug-likeness (QED) is 0.252. The summed E-state index contributed by atoms with van der Waals surface area (Å²) in [5.41, 5.74) is 2.22. The number of nitrogens with zero attached hydrogens (tertiary/aromatic N) is 4. The largest absolute Gasteiger partial charge is 0.442 e. The number of hydrogen-bond acceptors (Lipinski definition) is 8. The van der Waals surface area contributed by atoms with E-state index in [2.05, 4.69) is 10.6 Å². The number of rotatable bonds is 13. The molecule has 2 fully saturated rings. The van der Waals surface area contributed by atoms with Crippen LogP contribution < -0.4 is 20.4 Å². The maximum atomic E-state index is 15.2. The van der Waals surface area contributed by atoms with Crippen LogP contribution in [0.2, 0.25) is 0 Å². The van der Waals surface area contributed by atoms with Crippen molar-refractivity contribution in [2.45, 2.75) is 38.8 Å². The lowest BCUT2D eigenvalue weighted by molar-refractivity contribution is -0.131. The molecule has 0 spiro atoms. The van der Waals surface area contributed by atoms with E-state index in [1.807, 2.05) is 25.9 Å². The highest BCUT2D eigenvalue weighted by Crippen LogP contribution is 2.28. The highest BCUT2D eigenvalue weighted by molar-refractivity contribution is 7.80. The van der Waals surface area contributed by atoms with Gasteiger partial charge in [-0.25, -0.2) is 9.18 Å². The third-order valence-electron chi connectivity index (χ3n) is 7.73. The van der Waals surface area contributed by atoms with Crippen molar-refractivity contribution in [2.24, 2.45) is 0 Å². The molecule has 0 saturated carbocycles. The number of anilines is 2. The van der Waals surface area contributed by atoms with E-state index in [1.54, 1.807) is 46.2 Å². The average Bonchev–Trinajstić information content (AvgIpc) is 3.41. The fourth-order valence-electron chi connectivity index (χ4n) is 5.18. The summed E-state index contributed by atoms with van der Waals surface area (Å²) in [6, 6.07) is 11.7. The van der Waals surface area contributed by atoms with Gasteiger partial charge in [0, 0.05) is 51.1 Å². The average molecular weight is 641 g/mol. The van der Waals surface area contributed by atoms with Gasteiger partial charge in [-0.3, -0.25) is 19.3 Å². The molecule has 13 heteroatoms. The summed E-state index contributed by atoms with van der Waals surface area (Å²) < 4.78 is 20.6. The van der Waals surface area contributed by atoms with Gasteiger partial charge in [0.25, 0.3) is 0 Å². The van der Waals surface area contributed by atoms with Crippen molar-refractivity contribution in [1.82, 2.24) is 20.4 Å². The van der Waals surface area contributed by atoms with E-state index in [1.165, 1.54) is 11.0 Å². The van der Waals surface area contributed by atoms with Crippen LogP contribution in [-0.4, -0.2) is 104 Å². The number of piperazine rings is 1. The van der Waals surface area contributed by atoms with Crippen molar-refractivity contribution in [2.75, 3.05) is 69.7 Å². The van der Waals surface area contributed by atoms with E-state index in [-0.39, 0.29) is 36.5 Å². The number of nitrogens with one attached hydrogen (secondary N) is 2. The molecule has 2 saturated heterocycles. The standard InChI is InChI=1S/C32H41FN6O5S/c1-4-30(45)35-19-25-20-39(32(43)44-25)24-9-10-27(26(33)17-24)37-13-15-38(16-14-37)31(42)12-11-28(40)23-7-5-22(6-8-23)18-34-29(41)21-36(2)3/h5-10,17,25H,4,11-16,18-21H2,1-3H3,(H,34,41)(H,35,45)/t25-/m0/s1.